The summed E-state index contributed by atoms with van der Waals surface area (Å²) in [6.07, 6.45) is 7.62. The summed E-state index contributed by atoms with van der Waals surface area (Å²) in [5.74, 6) is -2.34. The second-order valence-electron chi connectivity index (χ2n) is 15.3. The fourth-order valence-electron chi connectivity index (χ4n) is 7.02. The van der Waals surface area contributed by atoms with Crippen LogP contribution in [0.25, 0.3) is 0 Å². The van der Waals surface area contributed by atoms with Crippen molar-refractivity contribution in [1.29, 1.82) is 0 Å². The minimum atomic E-state index is -1.06. The zero-order valence-corrected chi connectivity index (χ0v) is 30.7. The lowest BCUT2D eigenvalue weighted by Gasteiger charge is -2.36. The monoisotopic (exact) mass is 699 g/mol. The number of ketones is 1. The van der Waals surface area contributed by atoms with E-state index in [-0.39, 0.29) is 37.3 Å². The maximum Gasteiger partial charge on any atom is 0.289 e. The number of Topliss-reactive ketones (excluding diaryl/α,β-unsaturated/α-hetero) is 1. The Kier molecular flexibility index (Phi) is 12.9. The van der Waals surface area contributed by atoms with Crippen molar-refractivity contribution in [3.05, 3.63) is 34.9 Å². The lowest BCUT2D eigenvalue weighted by Crippen LogP contribution is -2.59. The zero-order chi connectivity index (χ0) is 35.9. The SMILES string of the molecule is CCC[C@H](NC(=O)[C@@H]1C[C@]2(CC(c3cccc(Cl)c3)=NO2)CN1C(=O)[C@@H](NC(=O)CC1CCCCC1)C(C)(C)C)C(=O)C(=O)N[C@H](C)CC. The van der Waals surface area contributed by atoms with Gasteiger partial charge < -0.3 is 25.7 Å². The van der Waals surface area contributed by atoms with Crippen LogP contribution in [0.4, 0.5) is 0 Å². The lowest BCUT2D eigenvalue weighted by molar-refractivity contribution is -0.145. The number of rotatable bonds is 13. The van der Waals surface area contributed by atoms with Crippen molar-refractivity contribution in [3.63, 3.8) is 0 Å². The van der Waals surface area contributed by atoms with Gasteiger partial charge in [-0.15, -0.1) is 0 Å². The summed E-state index contributed by atoms with van der Waals surface area (Å²) in [4.78, 5) is 75.6. The van der Waals surface area contributed by atoms with E-state index in [0.29, 0.717) is 36.4 Å². The summed E-state index contributed by atoms with van der Waals surface area (Å²) < 4.78 is 0. The Bertz CT molecular complexity index is 1420. The maximum atomic E-state index is 14.6. The first-order valence-electron chi connectivity index (χ1n) is 17.9. The zero-order valence-electron chi connectivity index (χ0n) is 29.9. The van der Waals surface area contributed by atoms with Crippen LogP contribution in [0.5, 0.6) is 0 Å². The minimum Gasteiger partial charge on any atom is -0.387 e. The average Bonchev–Trinajstić information content (AvgIpc) is 3.66. The molecule has 2 heterocycles. The molecule has 4 amide bonds. The summed E-state index contributed by atoms with van der Waals surface area (Å²) in [5, 5.41) is 13.4. The normalized spacial score (nSPS) is 22.9. The molecule has 3 aliphatic rings. The molecule has 5 atom stereocenters. The van der Waals surface area contributed by atoms with Crippen molar-refractivity contribution in [3.8, 4) is 0 Å². The third kappa shape index (κ3) is 9.83. The molecule has 12 heteroatoms. The van der Waals surface area contributed by atoms with Gasteiger partial charge in [-0.3, -0.25) is 24.0 Å². The molecule has 270 valence electrons. The van der Waals surface area contributed by atoms with Crippen LogP contribution in [-0.2, 0) is 28.8 Å². The summed E-state index contributed by atoms with van der Waals surface area (Å²) >= 11 is 6.25. The average molecular weight is 700 g/mol. The molecule has 49 heavy (non-hydrogen) atoms. The van der Waals surface area contributed by atoms with E-state index in [4.69, 9.17) is 16.4 Å². The third-order valence-corrected chi connectivity index (χ3v) is 10.3. The van der Waals surface area contributed by atoms with E-state index in [9.17, 15) is 24.0 Å². The van der Waals surface area contributed by atoms with E-state index in [1.54, 1.807) is 19.1 Å². The number of hydrogen-bond donors (Lipinski definition) is 3. The number of amides is 4. The summed E-state index contributed by atoms with van der Waals surface area (Å²) in [6.45, 7) is 11.3. The van der Waals surface area contributed by atoms with Crippen molar-refractivity contribution < 1.29 is 28.8 Å². The van der Waals surface area contributed by atoms with E-state index in [0.717, 1.165) is 31.2 Å². The first-order chi connectivity index (χ1) is 23.2. The number of benzene rings is 1. The van der Waals surface area contributed by atoms with Crippen LogP contribution in [0, 0.1) is 11.3 Å². The second kappa shape index (κ2) is 16.5. The van der Waals surface area contributed by atoms with Gasteiger partial charge in [-0.1, -0.05) is 89.2 Å². The highest BCUT2D eigenvalue weighted by Gasteiger charge is 2.55. The molecule has 1 saturated heterocycles. The highest BCUT2D eigenvalue weighted by atomic mass is 35.5. The molecule has 0 bridgehead atoms. The minimum absolute atomic E-state index is 0.0451. The van der Waals surface area contributed by atoms with Crippen LogP contribution in [0.1, 0.15) is 118 Å². The van der Waals surface area contributed by atoms with E-state index in [1.807, 2.05) is 46.8 Å². The fourth-order valence-corrected chi connectivity index (χ4v) is 7.21. The van der Waals surface area contributed by atoms with Crippen molar-refractivity contribution in [2.45, 2.75) is 142 Å². The molecule has 1 aromatic carbocycles. The van der Waals surface area contributed by atoms with Crippen LogP contribution in [0.15, 0.2) is 29.4 Å². The van der Waals surface area contributed by atoms with Crippen molar-refractivity contribution in [1.82, 2.24) is 20.9 Å². The molecule has 1 spiro atoms. The van der Waals surface area contributed by atoms with Gasteiger partial charge in [-0.05, 0) is 56.1 Å². The van der Waals surface area contributed by atoms with Gasteiger partial charge in [0.05, 0.1) is 18.3 Å². The first kappa shape index (κ1) is 38.3. The van der Waals surface area contributed by atoms with E-state index < -0.39 is 52.6 Å². The van der Waals surface area contributed by atoms with Crippen molar-refractivity contribution >= 4 is 46.7 Å². The maximum absolute atomic E-state index is 14.6. The highest BCUT2D eigenvalue weighted by molar-refractivity contribution is 6.38. The number of nitrogens with zero attached hydrogens (tertiary/aromatic N) is 2. The van der Waals surface area contributed by atoms with E-state index >= 15 is 0 Å². The third-order valence-electron chi connectivity index (χ3n) is 10.0. The van der Waals surface area contributed by atoms with Crippen LogP contribution in [0.2, 0.25) is 5.02 Å². The number of oxime groups is 1. The molecule has 2 fully saturated rings. The van der Waals surface area contributed by atoms with Crippen LogP contribution < -0.4 is 16.0 Å². The molecule has 0 unspecified atom stereocenters. The number of halogens is 1. The summed E-state index contributed by atoms with van der Waals surface area (Å²) in [6, 6.07) is 4.02. The predicted octanol–water partition coefficient (Wildman–Crippen LogP) is 5.07. The molecule has 0 aromatic heterocycles. The number of nitrogens with one attached hydrogen (secondary N) is 3. The Morgan fingerprint density at radius 3 is 2.41 bits per heavy atom. The molecule has 1 saturated carbocycles. The standard InChI is InChI=1S/C37H54ClN5O6/c1-7-13-27(31(45)34(47)39-23(3)8-2)40-33(46)29-21-37(20-28(42-49-37)25-16-12-17-26(38)19-25)22-43(29)35(48)32(36(4,5)6)41-30(44)18-24-14-10-9-11-15-24/h12,16-17,19,23-24,27,29,32H,7-11,13-15,18,20-22H2,1-6H3,(H,39,47)(H,40,46)(H,41,44)/t23-,27+,29+,32-,37-/m1/s1. The van der Waals surface area contributed by atoms with Crippen molar-refractivity contribution in [2.75, 3.05) is 6.54 Å². The highest BCUT2D eigenvalue weighted by Crippen LogP contribution is 2.40. The van der Waals surface area contributed by atoms with E-state index in [2.05, 4.69) is 21.1 Å². The van der Waals surface area contributed by atoms with Gasteiger partial charge >= 0.3 is 0 Å². The summed E-state index contributed by atoms with van der Waals surface area (Å²) in [5.41, 5.74) is -0.269. The number of hydrogen-bond acceptors (Lipinski definition) is 7. The molecular formula is C37H54ClN5O6. The van der Waals surface area contributed by atoms with Gasteiger partial charge in [0.1, 0.15) is 12.1 Å². The molecule has 0 radical (unpaired) electrons. The lowest BCUT2D eigenvalue weighted by atomic mass is 9.84. The van der Waals surface area contributed by atoms with Crippen molar-refractivity contribution in [2.24, 2.45) is 16.5 Å². The van der Waals surface area contributed by atoms with E-state index in [1.165, 1.54) is 11.3 Å². The molecular weight excluding hydrogens is 646 g/mol. The van der Waals surface area contributed by atoms with Gasteiger partial charge in [0.25, 0.3) is 5.91 Å². The Morgan fingerprint density at radius 1 is 1.06 bits per heavy atom. The quantitative estimate of drug-likeness (QED) is 0.245. The van der Waals surface area contributed by atoms with Crippen LogP contribution >= 0.6 is 11.6 Å². The Balaban J connectivity index is 1.60. The molecule has 1 aliphatic carbocycles. The molecule has 11 nitrogen and oxygen atoms in total. The van der Waals surface area contributed by atoms with Gasteiger partial charge in [0.15, 0.2) is 5.60 Å². The van der Waals surface area contributed by atoms with Crippen LogP contribution in [0.3, 0.4) is 0 Å². The largest absolute Gasteiger partial charge is 0.387 e. The van der Waals surface area contributed by atoms with Crippen LogP contribution in [-0.4, -0.2) is 76.3 Å². The van der Waals surface area contributed by atoms with Gasteiger partial charge in [0.2, 0.25) is 23.5 Å². The Labute approximate surface area is 295 Å². The Hall–Kier alpha value is -3.47. The van der Waals surface area contributed by atoms with Gasteiger partial charge in [-0.2, -0.15) is 0 Å². The number of likely N-dealkylation sites (tertiary alicyclic amines) is 1. The number of carbonyl (C=O) groups excluding carboxylic acids is 5. The topological polar surface area (TPSA) is 146 Å². The van der Waals surface area contributed by atoms with Gasteiger partial charge in [-0.25, -0.2) is 0 Å². The smallest absolute Gasteiger partial charge is 0.289 e. The number of carbonyl (C=O) groups is 5. The Morgan fingerprint density at radius 2 is 1.78 bits per heavy atom. The molecule has 3 N–H and O–H groups in total. The van der Waals surface area contributed by atoms with Gasteiger partial charge in [0, 0.05) is 35.9 Å². The molecule has 4 rings (SSSR count). The second-order valence-corrected chi connectivity index (χ2v) is 15.7. The fraction of sp³-hybridized carbons (Fsp3) is 0.676. The molecule has 2 aliphatic heterocycles. The molecule has 1 aromatic rings. The summed E-state index contributed by atoms with van der Waals surface area (Å²) in [7, 11) is 0. The first-order valence-corrected chi connectivity index (χ1v) is 18.3. The predicted molar refractivity (Wildman–Crippen MR) is 189 cm³/mol.